The Morgan fingerprint density at radius 2 is 1.97 bits per heavy atom. The molecule has 2 N–H and O–H groups in total. The molecule has 1 aliphatic carbocycles. The number of ether oxygens (including phenoxy) is 2. The van der Waals surface area contributed by atoms with Gasteiger partial charge in [-0.25, -0.2) is 14.4 Å². The molecule has 1 saturated carbocycles. The average Bonchev–Trinajstić information content (AvgIpc) is 3.52. The Morgan fingerprint density at radius 3 is 2.70 bits per heavy atom. The van der Waals surface area contributed by atoms with Crippen LogP contribution in [0.1, 0.15) is 38.6 Å². The van der Waals surface area contributed by atoms with E-state index in [1.54, 1.807) is 19.1 Å². The monoisotopic (exact) mass is 508 g/mol. The summed E-state index contributed by atoms with van der Waals surface area (Å²) in [5.41, 5.74) is 8.12. The van der Waals surface area contributed by atoms with Crippen LogP contribution < -0.4 is 10.5 Å². The Kier molecular flexibility index (Phi) is 6.46. The fourth-order valence-electron chi connectivity index (χ4n) is 5.84. The minimum atomic E-state index is -0.346. The summed E-state index contributed by atoms with van der Waals surface area (Å²) < 4.78 is 28.9. The molecule has 2 aromatic heterocycles. The second-order valence-electron chi connectivity index (χ2n) is 10.3. The molecule has 2 aliphatic heterocycles. The van der Waals surface area contributed by atoms with Crippen LogP contribution in [0.4, 0.5) is 10.2 Å². The third kappa shape index (κ3) is 4.64. The molecule has 0 bridgehead atoms. The summed E-state index contributed by atoms with van der Waals surface area (Å²) in [4.78, 5) is 24.8. The van der Waals surface area contributed by atoms with Gasteiger partial charge in [-0.1, -0.05) is 0 Å². The number of carbonyl (C=O) groups is 1. The van der Waals surface area contributed by atoms with Crippen LogP contribution in [-0.4, -0.2) is 81.8 Å². The molecule has 9 nitrogen and oxygen atoms in total. The number of carbonyl (C=O) groups excluding carboxylic acids is 1. The van der Waals surface area contributed by atoms with Gasteiger partial charge in [0, 0.05) is 69.1 Å². The molecule has 3 fully saturated rings. The number of benzene rings is 1. The largest absolute Gasteiger partial charge is 0.491 e. The molecule has 1 amide bonds. The van der Waals surface area contributed by atoms with Crippen molar-refractivity contribution in [3.63, 3.8) is 0 Å². The first-order chi connectivity index (χ1) is 18.0. The summed E-state index contributed by atoms with van der Waals surface area (Å²) in [6.07, 6.45) is 7.47. The smallest absolute Gasteiger partial charge is 0.219 e. The number of halogens is 1. The van der Waals surface area contributed by atoms with Crippen molar-refractivity contribution < 1.29 is 18.7 Å². The highest BCUT2D eigenvalue weighted by atomic mass is 19.1. The predicted molar refractivity (Wildman–Crippen MR) is 138 cm³/mol. The zero-order chi connectivity index (χ0) is 25.5. The zero-order valence-corrected chi connectivity index (χ0v) is 21.1. The SMILES string of the molecule is CC(=O)N1CCN(C2CC(n3cc(-c4cc(OC[C@H]5CCCO5)ccc4F)c4c(N)ncnc43)C2)CC1. The van der Waals surface area contributed by atoms with Gasteiger partial charge in [0.25, 0.3) is 0 Å². The van der Waals surface area contributed by atoms with Gasteiger partial charge in [-0.2, -0.15) is 0 Å². The average molecular weight is 509 g/mol. The van der Waals surface area contributed by atoms with Crippen LogP contribution in [0.3, 0.4) is 0 Å². The van der Waals surface area contributed by atoms with Crippen molar-refractivity contribution in [1.29, 1.82) is 0 Å². The number of aromatic nitrogens is 3. The van der Waals surface area contributed by atoms with Gasteiger partial charge in [-0.3, -0.25) is 9.69 Å². The number of nitrogens with zero attached hydrogens (tertiary/aromatic N) is 5. The number of amides is 1. The molecule has 0 radical (unpaired) electrons. The lowest BCUT2D eigenvalue weighted by Crippen LogP contribution is -2.54. The van der Waals surface area contributed by atoms with E-state index in [9.17, 15) is 4.79 Å². The number of piperazine rings is 1. The van der Waals surface area contributed by atoms with Crippen LogP contribution in [0.2, 0.25) is 0 Å². The lowest BCUT2D eigenvalue weighted by atomic mass is 9.85. The maximum atomic E-state index is 15.1. The fraction of sp³-hybridized carbons (Fsp3) is 0.519. The van der Waals surface area contributed by atoms with Crippen LogP contribution >= 0.6 is 0 Å². The summed E-state index contributed by atoms with van der Waals surface area (Å²) in [6, 6.07) is 5.51. The first-order valence-electron chi connectivity index (χ1n) is 13.1. The third-order valence-electron chi connectivity index (χ3n) is 8.08. The molecule has 3 aliphatic rings. The van der Waals surface area contributed by atoms with Crippen LogP contribution in [0.25, 0.3) is 22.2 Å². The highest BCUT2D eigenvalue weighted by Crippen LogP contribution is 2.42. The molecule has 2 saturated heterocycles. The van der Waals surface area contributed by atoms with Crippen molar-refractivity contribution in [3.05, 3.63) is 36.5 Å². The van der Waals surface area contributed by atoms with Gasteiger partial charge in [0.15, 0.2) is 0 Å². The first kappa shape index (κ1) is 24.1. The Bertz CT molecular complexity index is 1290. The van der Waals surface area contributed by atoms with Gasteiger partial charge in [0.1, 0.15) is 36.0 Å². The Balaban J connectivity index is 1.23. The molecular formula is C27H33FN6O3. The summed E-state index contributed by atoms with van der Waals surface area (Å²) in [6.45, 7) is 6.19. The van der Waals surface area contributed by atoms with Crippen molar-refractivity contribution in [2.24, 2.45) is 0 Å². The minimum Gasteiger partial charge on any atom is -0.491 e. The van der Waals surface area contributed by atoms with E-state index in [1.165, 1.54) is 12.4 Å². The van der Waals surface area contributed by atoms with Crippen molar-refractivity contribution in [2.75, 3.05) is 45.1 Å². The van der Waals surface area contributed by atoms with Crippen molar-refractivity contribution in [1.82, 2.24) is 24.3 Å². The number of anilines is 1. The van der Waals surface area contributed by atoms with Gasteiger partial charge in [-0.05, 0) is 43.9 Å². The lowest BCUT2D eigenvalue weighted by molar-refractivity contribution is -0.131. The van der Waals surface area contributed by atoms with E-state index in [1.807, 2.05) is 11.1 Å². The van der Waals surface area contributed by atoms with E-state index in [2.05, 4.69) is 19.4 Å². The summed E-state index contributed by atoms with van der Waals surface area (Å²) >= 11 is 0. The molecule has 1 aromatic carbocycles. The van der Waals surface area contributed by atoms with E-state index >= 15 is 4.39 Å². The van der Waals surface area contributed by atoms with Crippen molar-refractivity contribution >= 4 is 22.8 Å². The minimum absolute atomic E-state index is 0.0801. The lowest BCUT2D eigenvalue weighted by Gasteiger charge is -2.46. The van der Waals surface area contributed by atoms with Crippen LogP contribution in [0.5, 0.6) is 5.75 Å². The molecule has 3 aromatic rings. The second-order valence-corrected chi connectivity index (χ2v) is 10.3. The molecule has 196 valence electrons. The van der Waals surface area contributed by atoms with E-state index in [-0.39, 0.29) is 23.9 Å². The van der Waals surface area contributed by atoms with Crippen LogP contribution in [-0.2, 0) is 9.53 Å². The molecule has 6 rings (SSSR count). The Labute approximate surface area is 215 Å². The second kappa shape index (κ2) is 9.90. The van der Waals surface area contributed by atoms with Gasteiger partial charge in [-0.15, -0.1) is 0 Å². The van der Waals surface area contributed by atoms with Crippen LogP contribution in [0.15, 0.2) is 30.7 Å². The quantitative estimate of drug-likeness (QED) is 0.546. The number of fused-ring (bicyclic) bond motifs is 1. The third-order valence-corrected chi connectivity index (χ3v) is 8.08. The molecular weight excluding hydrogens is 475 g/mol. The number of rotatable bonds is 6. The van der Waals surface area contributed by atoms with Gasteiger partial charge < -0.3 is 24.7 Å². The molecule has 4 heterocycles. The summed E-state index contributed by atoms with van der Waals surface area (Å²) in [7, 11) is 0. The predicted octanol–water partition coefficient (Wildman–Crippen LogP) is 3.25. The van der Waals surface area contributed by atoms with Crippen molar-refractivity contribution in [2.45, 2.75) is 50.8 Å². The summed E-state index contributed by atoms with van der Waals surface area (Å²) in [5, 5.41) is 0.663. The highest BCUT2D eigenvalue weighted by Gasteiger charge is 2.37. The van der Waals surface area contributed by atoms with Gasteiger partial charge in [0.05, 0.1) is 11.5 Å². The maximum absolute atomic E-state index is 15.1. The van der Waals surface area contributed by atoms with E-state index in [4.69, 9.17) is 15.2 Å². The van der Waals surface area contributed by atoms with E-state index in [0.717, 1.165) is 64.1 Å². The zero-order valence-electron chi connectivity index (χ0n) is 21.1. The Hall–Kier alpha value is -3.24. The standard InChI is InChI=1S/C27H33FN6O3/c1-17(35)32-6-8-33(9-7-32)18-11-19(12-18)34-14-23(25-26(29)30-16-31-27(25)34)22-13-20(4-5-24(22)28)37-15-21-3-2-10-36-21/h4-5,13-14,16,18-19,21H,2-3,6-12,15H2,1H3,(H2,29,30,31)/t18?,19?,21-/m1/s1. The normalized spacial score (nSPS) is 24.4. The summed E-state index contributed by atoms with van der Waals surface area (Å²) in [5.74, 6) is 0.724. The maximum Gasteiger partial charge on any atom is 0.219 e. The number of nitrogens with two attached hydrogens (primary N) is 1. The topological polar surface area (TPSA) is 98.7 Å². The van der Waals surface area contributed by atoms with Gasteiger partial charge in [0.2, 0.25) is 5.91 Å². The Morgan fingerprint density at radius 1 is 1.16 bits per heavy atom. The number of hydrogen-bond acceptors (Lipinski definition) is 7. The fourth-order valence-corrected chi connectivity index (χ4v) is 5.84. The van der Waals surface area contributed by atoms with E-state index < -0.39 is 0 Å². The molecule has 10 heteroatoms. The van der Waals surface area contributed by atoms with Gasteiger partial charge >= 0.3 is 0 Å². The van der Waals surface area contributed by atoms with Crippen molar-refractivity contribution in [3.8, 4) is 16.9 Å². The number of hydrogen-bond donors (Lipinski definition) is 1. The number of nitrogen functional groups attached to an aromatic ring is 1. The van der Waals surface area contributed by atoms with E-state index in [0.29, 0.717) is 40.7 Å². The highest BCUT2D eigenvalue weighted by molar-refractivity contribution is 6.01. The molecule has 0 spiro atoms. The van der Waals surface area contributed by atoms with Crippen LogP contribution in [0, 0.1) is 5.82 Å². The first-order valence-corrected chi connectivity index (χ1v) is 13.1. The molecule has 0 unspecified atom stereocenters. The molecule has 1 atom stereocenters. The molecule has 37 heavy (non-hydrogen) atoms.